The van der Waals surface area contributed by atoms with Crippen LogP contribution in [0.5, 0.6) is 0 Å². The van der Waals surface area contributed by atoms with E-state index in [1.165, 1.54) is 10.9 Å². The smallest absolute Gasteiger partial charge is 0.342 e. The fourth-order valence-electron chi connectivity index (χ4n) is 1.33. The van der Waals surface area contributed by atoms with Gasteiger partial charge in [0, 0.05) is 12.4 Å². The van der Waals surface area contributed by atoms with Crippen molar-refractivity contribution in [2.45, 2.75) is 13.8 Å². The van der Waals surface area contributed by atoms with E-state index in [9.17, 15) is 4.79 Å². The molecule has 0 N–H and O–H groups in total. The van der Waals surface area contributed by atoms with Crippen molar-refractivity contribution in [2.75, 3.05) is 6.61 Å². The second-order valence-corrected chi connectivity index (χ2v) is 3.92. The molecule has 0 saturated carbocycles. The molecule has 2 aromatic rings. The molecule has 2 rings (SSSR count). The number of esters is 1. The normalized spacial score (nSPS) is 10.4. The van der Waals surface area contributed by atoms with Gasteiger partial charge >= 0.3 is 5.97 Å². The Balaban J connectivity index is 2.33. The van der Waals surface area contributed by atoms with Crippen LogP contribution in [-0.4, -0.2) is 32.3 Å². The molecule has 0 bridgehead atoms. The topological polar surface area (TPSA) is 69.9 Å². The third-order valence-corrected chi connectivity index (χ3v) is 2.43. The lowest BCUT2D eigenvalue weighted by atomic mass is 10.3. The van der Waals surface area contributed by atoms with Crippen LogP contribution in [0.25, 0.3) is 5.95 Å². The van der Waals surface area contributed by atoms with E-state index in [0.717, 1.165) is 5.56 Å². The first-order valence-corrected chi connectivity index (χ1v) is 5.71. The van der Waals surface area contributed by atoms with Crippen LogP contribution in [0.3, 0.4) is 0 Å². The summed E-state index contributed by atoms with van der Waals surface area (Å²) < 4.78 is 6.31. The van der Waals surface area contributed by atoms with Crippen LogP contribution in [0.2, 0.25) is 5.15 Å². The Hall–Kier alpha value is -1.95. The van der Waals surface area contributed by atoms with Crippen molar-refractivity contribution in [3.8, 4) is 5.95 Å². The van der Waals surface area contributed by atoms with E-state index in [1.807, 2.05) is 6.92 Å². The third-order valence-electron chi connectivity index (χ3n) is 2.14. The number of aromatic nitrogens is 4. The van der Waals surface area contributed by atoms with Crippen molar-refractivity contribution in [1.82, 2.24) is 19.7 Å². The molecule has 0 fully saturated rings. The van der Waals surface area contributed by atoms with E-state index in [4.69, 9.17) is 16.3 Å². The highest BCUT2D eigenvalue weighted by molar-refractivity contribution is 6.32. The predicted octanol–water partition coefficient (Wildman–Crippen LogP) is 1.80. The van der Waals surface area contributed by atoms with Crippen LogP contribution in [0, 0.1) is 6.92 Å². The zero-order chi connectivity index (χ0) is 13.1. The van der Waals surface area contributed by atoms with Gasteiger partial charge in [0.05, 0.1) is 12.8 Å². The fraction of sp³-hybridized carbons (Fsp3) is 0.273. The molecular formula is C11H11ClN4O2. The molecule has 0 amide bonds. The molecule has 0 aromatic carbocycles. The van der Waals surface area contributed by atoms with Crippen molar-refractivity contribution in [2.24, 2.45) is 0 Å². The molecule has 7 heteroatoms. The first kappa shape index (κ1) is 12.5. The zero-order valence-corrected chi connectivity index (χ0v) is 10.7. The highest BCUT2D eigenvalue weighted by atomic mass is 35.5. The highest BCUT2D eigenvalue weighted by Crippen LogP contribution is 2.14. The predicted molar refractivity (Wildman–Crippen MR) is 64.9 cm³/mol. The molecule has 94 valence electrons. The number of ether oxygens (including phenoxy) is 1. The van der Waals surface area contributed by atoms with Gasteiger partial charge in [-0.15, -0.1) is 0 Å². The van der Waals surface area contributed by atoms with Gasteiger partial charge in [0.1, 0.15) is 10.7 Å². The first-order valence-electron chi connectivity index (χ1n) is 5.33. The van der Waals surface area contributed by atoms with Crippen LogP contribution in [0.15, 0.2) is 18.6 Å². The minimum absolute atomic E-state index is 0.0478. The van der Waals surface area contributed by atoms with Gasteiger partial charge in [0.15, 0.2) is 0 Å². The molecule has 0 aliphatic rings. The summed E-state index contributed by atoms with van der Waals surface area (Å²) >= 11 is 5.92. The van der Waals surface area contributed by atoms with Gasteiger partial charge < -0.3 is 4.74 Å². The summed E-state index contributed by atoms with van der Waals surface area (Å²) in [5.74, 6) is -0.230. The molecular weight excluding hydrogens is 256 g/mol. The largest absolute Gasteiger partial charge is 0.462 e. The molecule has 0 spiro atoms. The fourth-order valence-corrected chi connectivity index (χ4v) is 1.53. The zero-order valence-electron chi connectivity index (χ0n) is 9.92. The lowest BCUT2D eigenvalue weighted by Gasteiger charge is -2.04. The first-order chi connectivity index (χ1) is 8.61. The molecule has 0 aliphatic carbocycles. The summed E-state index contributed by atoms with van der Waals surface area (Å²) in [6.07, 6.45) is 4.77. The molecule has 0 unspecified atom stereocenters. The minimum atomic E-state index is -0.536. The number of carbonyl (C=O) groups is 1. The van der Waals surface area contributed by atoms with Gasteiger partial charge in [0.2, 0.25) is 0 Å². The second-order valence-electron chi connectivity index (χ2n) is 3.56. The molecule has 0 aliphatic heterocycles. The van der Waals surface area contributed by atoms with E-state index in [-0.39, 0.29) is 17.3 Å². The molecule has 6 nitrogen and oxygen atoms in total. The van der Waals surface area contributed by atoms with Crippen molar-refractivity contribution in [3.63, 3.8) is 0 Å². The monoisotopic (exact) mass is 266 g/mol. The van der Waals surface area contributed by atoms with Crippen LogP contribution < -0.4 is 0 Å². The van der Waals surface area contributed by atoms with Crippen LogP contribution in [0.4, 0.5) is 0 Å². The number of carbonyl (C=O) groups excluding carboxylic acids is 1. The average molecular weight is 267 g/mol. The van der Waals surface area contributed by atoms with Crippen LogP contribution in [0.1, 0.15) is 22.8 Å². The maximum absolute atomic E-state index is 11.5. The molecule has 18 heavy (non-hydrogen) atoms. The van der Waals surface area contributed by atoms with Gasteiger partial charge in [-0.2, -0.15) is 10.1 Å². The summed E-state index contributed by atoms with van der Waals surface area (Å²) in [4.78, 5) is 19.6. The van der Waals surface area contributed by atoms with Gasteiger partial charge in [-0.05, 0) is 19.4 Å². The van der Waals surface area contributed by atoms with E-state index >= 15 is 0 Å². The molecule has 0 saturated heterocycles. The Morgan fingerprint density at radius 1 is 1.50 bits per heavy atom. The Bertz CT molecular complexity index is 582. The summed E-state index contributed by atoms with van der Waals surface area (Å²) in [6.45, 7) is 3.89. The van der Waals surface area contributed by atoms with E-state index in [0.29, 0.717) is 5.95 Å². The van der Waals surface area contributed by atoms with Gasteiger partial charge in [-0.25, -0.2) is 14.5 Å². The molecule has 2 heterocycles. The summed E-state index contributed by atoms with van der Waals surface area (Å²) in [5, 5.41) is 4.10. The molecule has 0 radical (unpaired) electrons. The lowest BCUT2D eigenvalue weighted by molar-refractivity contribution is 0.0525. The summed E-state index contributed by atoms with van der Waals surface area (Å²) in [7, 11) is 0. The highest BCUT2D eigenvalue weighted by Gasteiger charge is 2.15. The SMILES string of the molecule is CCOC(=O)c1cnc(-n2cc(C)cn2)nc1Cl. The van der Waals surface area contributed by atoms with Crippen molar-refractivity contribution in [1.29, 1.82) is 0 Å². The third kappa shape index (κ3) is 2.48. The number of nitrogens with zero attached hydrogens (tertiary/aromatic N) is 4. The number of aryl methyl sites for hydroxylation is 1. The molecule has 0 atom stereocenters. The summed E-state index contributed by atoms with van der Waals surface area (Å²) in [6, 6.07) is 0. The number of hydrogen-bond donors (Lipinski definition) is 0. The van der Waals surface area contributed by atoms with E-state index < -0.39 is 5.97 Å². The quantitative estimate of drug-likeness (QED) is 0.626. The standard InChI is InChI=1S/C11H11ClN4O2/c1-3-18-10(17)8-5-13-11(15-9(8)12)16-6-7(2)4-14-16/h4-6H,3H2,1-2H3. The van der Waals surface area contributed by atoms with E-state index in [1.54, 1.807) is 19.3 Å². The molecule has 2 aromatic heterocycles. The van der Waals surface area contributed by atoms with Crippen LogP contribution >= 0.6 is 11.6 Å². The van der Waals surface area contributed by atoms with E-state index in [2.05, 4.69) is 15.1 Å². The maximum atomic E-state index is 11.5. The van der Waals surface area contributed by atoms with Crippen molar-refractivity contribution in [3.05, 3.63) is 34.9 Å². The Labute approximate surface area is 109 Å². The Morgan fingerprint density at radius 2 is 2.28 bits per heavy atom. The van der Waals surface area contributed by atoms with Gasteiger partial charge in [-0.3, -0.25) is 0 Å². The average Bonchev–Trinajstić information content (AvgIpc) is 2.76. The lowest BCUT2D eigenvalue weighted by Crippen LogP contribution is -2.09. The number of halogens is 1. The Kier molecular flexibility index (Phi) is 3.57. The van der Waals surface area contributed by atoms with Gasteiger partial charge in [0.25, 0.3) is 5.95 Å². The van der Waals surface area contributed by atoms with Crippen molar-refractivity contribution < 1.29 is 9.53 Å². The van der Waals surface area contributed by atoms with Gasteiger partial charge in [-0.1, -0.05) is 11.6 Å². The van der Waals surface area contributed by atoms with Crippen molar-refractivity contribution >= 4 is 17.6 Å². The maximum Gasteiger partial charge on any atom is 0.342 e. The van der Waals surface area contributed by atoms with Crippen LogP contribution in [-0.2, 0) is 4.74 Å². The number of hydrogen-bond acceptors (Lipinski definition) is 5. The second kappa shape index (κ2) is 5.14. The minimum Gasteiger partial charge on any atom is -0.462 e. The Morgan fingerprint density at radius 3 is 2.83 bits per heavy atom. The summed E-state index contributed by atoms with van der Waals surface area (Å²) in [5.41, 5.74) is 1.12. The number of rotatable bonds is 3.